The van der Waals surface area contributed by atoms with Gasteiger partial charge < -0.3 is 11.1 Å². The number of nitrogens with two attached hydrogens (primary N) is 1. The second kappa shape index (κ2) is 11.5. The van der Waals surface area contributed by atoms with Crippen LogP contribution in [0.3, 0.4) is 0 Å². The van der Waals surface area contributed by atoms with E-state index in [2.05, 4.69) is 52.0 Å². The van der Waals surface area contributed by atoms with E-state index in [1.54, 1.807) is 24.5 Å². The number of aromatic nitrogens is 1. The van der Waals surface area contributed by atoms with E-state index in [-0.39, 0.29) is 29.2 Å². The number of carbonyl (C=O) groups is 1. The predicted molar refractivity (Wildman–Crippen MR) is 159 cm³/mol. The van der Waals surface area contributed by atoms with Gasteiger partial charge in [-0.1, -0.05) is 24.3 Å². The number of hydrogen-bond acceptors (Lipinski definition) is 6. The third-order valence-corrected chi connectivity index (χ3v) is 10.7. The molecular weight excluding hydrogens is 528 g/mol. The van der Waals surface area contributed by atoms with Gasteiger partial charge in [-0.25, -0.2) is 13.1 Å². The average molecular weight is 567 g/mol. The largest absolute Gasteiger partial charge is 0.325 e. The first kappa shape index (κ1) is 28.0. The summed E-state index contributed by atoms with van der Waals surface area (Å²) in [5.41, 5.74) is 13.4. The SMILES string of the molecule is CCS(=O)(=O)N[C@H]1CC[C@H](CC(=O)Nc2cnc(-c3ccc(C4(N)CCC4)cc3)c(-c3cscc3C)c2)CC1. The number of nitrogens with zero attached hydrogens (tertiary/aromatic N) is 1. The lowest BCUT2D eigenvalue weighted by atomic mass is 9.72. The molecule has 39 heavy (non-hydrogen) atoms. The van der Waals surface area contributed by atoms with Crippen molar-refractivity contribution in [3.05, 3.63) is 58.4 Å². The van der Waals surface area contributed by atoms with Gasteiger partial charge in [0.2, 0.25) is 15.9 Å². The fourth-order valence-corrected chi connectivity index (χ4v) is 7.47. The Bertz CT molecular complexity index is 1420. The monoisotopic (exact) mass is 566 g/mol. The third-order valence-electron chi connectivity index (χ3n) is 8.34. The first-order valence-electron chi connectivity index (χ1n) is 13.9. The highest BCUT2D eigenvalue weighted by Gasteiger charge is 2.34. The van der Waals surface area contributed by atoms with Crippen molar-refractivity contribution in [3.63, 3.8) is 0 Å². The summed E-state index contributed by atoms with van der Waals surface area (Å²) in [6.45, 7) is 3.74. The Morgan fingerprint density at radius 2 is 1.82 bits per heavy atom. The van der Waals surface area contributed by atoms with E-state index < -0.39 is 10.0 Å². The number of pyridine rings is 1. The molecule has 0 saturated heterocycles. The van der Waals surface area contributed by atoms with Gasteiger partial charge in [-0.15, -0.1) is 0 Å². The highest BCUT2D eigenvalue weighted by atomic mass is 32.2. The van der Waals surface area contributed by atoms with Gasteiger partial charge in [-0.3, -0.25) is 9.78 Å². The molecule has 5 rings (SSSR count). The van der Waals surface area contributed by atoms with Crippen molar-refractivity contribution in [2.75, 3.05) is 11.1 Å². The maximum Gasteiger partial charge on any atom is 0.224 e. The van der Waals surface area contributed by atoms with Gasteiger partial charge in [-0.05, 0) is 98.2 Å². The van der Waals surface area contributed by atoms with Crippen molar-refractivity contribution < 1.29 is 13.2 Å². The minimum Gasteiger partial charge on any atom is -0.325 e. The zero-order valence-corrected chi connectivity index (χ0v) is 24.3. The standard InChI is InChI=1S/C30H38N4O3S2/c1-3-39(36,37)34-24-11-5-21(6-12-24)15-28(35)33-25-16-26(27-19-38-18-20(27)2)29(32-17-25)22-7-9-23(10-8-22)30(31)13-4-14-30/h7-10,16-19,21,24,34H,3-6,11-15,31H2,1-2H3,(H,33,35)/t21-,24-. The molecule has 208 valence electrons. The molecule has 0 radical (unpaired) electrons. The van der Waals surface area contributed by atoms with E-state index in [1.165, 1.54) is 17.5 Å². The fraction of sp³-hybridized carbons (Fsp3) is 0.467. The third kappa shape index (κ3) is 6.43. The fourth-order valence-electron chi connectivity index (χ4n) is 5.71. The van der Waals surface area contributed by atoms with E-state index in [1.807, 2.05) is 6.07 Å². The van der Waals surface area contributed by atoms with Gasteiger partial charge in [0.1, 0.15) is 0 Å². The van der Waals surface area contributed by atoms with E-state index >= 15 is 0 Å². The van der Waals surface area contributed by atoms with Gasteiger partial charge in [0.15, 0.2) is 0 Å². The van der Waals surface area contributed by atoms with Crippen LogP contribution in [0.2, 0.25) is 0 Å². The molecule has 9 heteroatoms. The Morgan fingerprint density at radius 3 is 2.41 bits per heavy atom. The lowest BCUT2D eigenvalue weighted by molar-refractivity contribution is -0.117. The van der Waals surface area contributed by atoms with Crippen LogP contribution >= 0.6 is 11.3 Å². The van der Waals surface area contributed by atoms with Crippen LogP contribution in [0, 0.1) is 12.8 Å². The van der Waals surface area contributed by atoms with Crippen molar-refractivity contribution in [2.45, 2.75) is 76.8 Å². The molecule has 2 aliphatic carbocycles. The molecule has 2 fully saturated rings. The summed E-state index contributed by atoms with van der Waals surface area (Å²) in [6, 6.07) is 10.4. The van der Waals surface area contributed by atoms with Crippen molar-refractivity contribution in [1.29, 1.82) is 0 Å². The normalized spacial score (nSPS) is 20.8. The summed E-state index contributed by atoms with van der Waals surface area (Å²) in [5.74, 6) is 0.306. The van der Waals surface area contributed by atoms with Crippen LogP contribution in [-0.2, 0) is 20.4 Å². The Morgan fingerprint density at radius 1 is 1.10 bits per heavy atom. The molecule has 2 aromatic heterocycles. The maximum absolute atomic E-state index is 13.0. The molecule has 7 nitrogen and oxygen atoms in total. The average Bonchev–Trinajstić information content (AvgIpc) is 3.34. The van der Waals surface area contributed by atoms with E-state index in [9.17, 15) is 13.2 Å². The number of thiophene rings is 1. The zero-order chi connectivity index (χ0) is 27.6. The summed E-state index contributed by atoms with van der Waals surface area (Å²) in [5, 5.41) is 7.32. The molecule has 2 aliphatic rings. The smallest absolute Gasteiger partial charge is 0.224 e. The molecule has 1 aromatic carbocycles. The number of aryl methyl sites for hydroxylation is 1. The maximum atomic E-state index is 13.0. The van der Waals surface area contributed by atoms with E-state index in [0.29, 0.717) is 12.1 Å². The van der Waals surface area contributed by atoms with Crippen LogP contribution < -0.4 is 15.8 Å². The highest BCUT2D eigenvalue weighted by Crippen LogP contribution is 2.40. The quantitative estimate of drug-likeness (QED) is 0.296. The summed E-state index contributed by atoms with van der Waals surface area (Å²) in [6.07, 6.45) is 8.58. The molecule has 0 spiro atoms. The molecule has 2 heterocycles. The Kier molecular flexibility index (Phi) is 8.24. The number of benzene rings is 1. The number of anilines is 1. The van der Waals surface area contributed by atoms with Gasteiger partial charge in [0, 0.05) is 29.1 Å². The van der Waals surface area contributed by atoms with Crippen molar-refractivity contribution >= 4 is 33.0 Å². The second-order valence-corrected chi connectivity index (χ2v) is 14.0. The molecule has 2 saturated carbocycles. The topological polar surface area (TPSA) is 114 Å². The lowest BCUT2D eigenvalue weighted by Gasteiger charge is -2.38. The van der Waals surface area contributed by atoms with Crippen molar-refractivity contribution in [2.24, 2.45) is 11.7 Å². The van der Waals surface area contributed by atoms with E-state index in [0.717, 1.165) is 60.9 Å². The second-order valence-electron chi connectivity index (χ2n) is 11.2. The number of sulfonamides is 1. The molecule has 0 unspecified atom stereocenters. The van der Waals surface area contributed by atoms with E-state index in [4.69, 9.17) is 10.7 Å². The highest BCUT2D eigenvalue weighted by molar-refractivity contribution is 7.89. The van der Waals surface area contributed by atoms with Crippen LogP contribution in [0.1, 0.15) is 69.4 Å². The molecule has 0 aliphatic heterocycles. The van der Waals surface area contributed by atoms with Crippen LogP contribution in [-0.4, -0.2) is 31.1 Å². The molecule has 0 atom stereocenters. The minimum absolute atomic E-state index is 0.0272. The molecule has 0 bridgehead atoms. The summed E-state index contributed by atoms with van der Waals surface area (Å²) >= 11 is 1.65. The molecule has 1 amide bonds. The van der Waals surface area contributed by atoms with Gasteiger partial charge >= 0.3 is 0 Å². The Labute approximate surface area is 235 Å². The molecule has 3 aromatic rings. The van der Waals surface area contributed by atoms with Crippen molar-refractivity contribution in [1.82, 2.24) is 9.71 Å². The summed E-state index contributed by atoms with van der Waals surface area (Å²) in [4.78, 5) is 17.8. The van der Waals surface area contributed by atoms with Crippen LogP contribution in [0.15, 0.2) is 47.3 Å². The van der Waals surface area contributed by atoms with Crippen LogP contribution in [0.4, 0.5) is 5.69 Å². The lowest BCUT2D eigenvalue weighted by Crippen LogP contribution is -2.43. The number of rotatable bonds is 9. The van der Waals surface area contributed by atoms with Crippen molar-refractivity contribution in [3.8, 4) is 22.4 Å². The minimum atomic E-state index is -3.20. The summed E-state index contributed by atoms with van der Waals surface area (Å²) in [7, 11) is -3.20. The van der Waals surface area contributed by atoms with Crippen LogP contribution in [0.25, 0.3) is 22.4 Å². The zero-order valence-electron chi connectivity index (χ0n) is 22.7. The van der Waals surface area contributed by atoms with Gasteiger partial charge in [-0.2, -0.15) is 11.3 Å². The summed E-state index contributed by atoms with van der Waals surface area (Å²) < 4.78 is 26.5. The number of hydrogen-bond donors (Lipinski definition) is 3. The molecule has 4 N–H and O–H groups in total. The first-order valence-corrected chi connectivity index (χ1v) is 16.5. The number of amides is 1. The predicted octanol–water partition coefficient (Wildman–Crippen LogP) is 5.95. The first-order chi connectivity index (χ1) is 18.7. The van der Waals surface area contributed by atoms with Crippen LogP contribution in [0.5, 0.6) is 0 Å². The van der Waals surface area contributed by atoms with Gasteiger partial charge in [0.05, 0.1) is 23.3 Å². The Balaban J connectivity index is 1.28. The number of carbonyl (C=O) groups excluding carboxylic acids is 1. The van der Waals surface area contributed by atoms with Gasteiger partial charge in [0.25, 0.3) is 0 Å². The number of nitrogens with one attached hydrogen (secondary N) is 2. The molecular formula is C30H38N4O3S2. The Hall–Kier alpha value is -2.59.